The third-order valence-electron chi connectivity index (χ3n) is 6.75. The average Bonchev–Trinajstić information content (AvgIpc) is 2.93. The third-order valence-corrected chi connectivity index (χ3v) is 7.16. The molecule has 12 heteroatoms. The lowest BCUT2D eigenvalue weighted by Crippen LogP contribution is -2.42. The highest BCUT2D eigenvalue weighted by molar-refractivity contribution is 6.31. The van der Waals surface area contributed by atoms with Gasteiger partial charge in [0.05, 0.1) is 22.9 Å². The number of benzene rings is 2. The lowest BCUT2D eigenvalue weighted by atomic mass is 9.94. The number of amides is 2. The molecule has 2 amide bonds. The van der Waals surface area contributed by atoms with Gasteiger partial charge < -0.3 is 10.0 Å². The van der Waals surface area contributed by atoms with Gasteiger partial charge in [-0.25, -0.2) is 4.79 Å². The number of alkyl halides is 6. The molecule has 1 N–H and O–H groups in total. The van der Waals surface area contributed by atoms with E-state index in [1.165, 1.54) is 15.9 Å². The van der Waals surface area contributed by atoms with Gasteiger partial charge in [0.1, 0.15) is 0 Å². The Morgan fingerprint density at radius 3 is 2.03 bits per heavy atom. The van der Waals surface area contributed by atoms with E-state index in [9.17, 15) is 41.0 Å². The summed E-state index contributed by atoms with van der Waals surface area (Å²) in [5.74, 6) is -0.731. The van der Waals surface area contributed by atoms with Crippen LogP contribution in [0.5, 0.6) is 0 Å². The number of carbonyl (C=O) groups excluding carboxylic acids is 1. The summed E-state index contributed by atoms with van der Waals surface area (Å²) < 4.78 is 80.6. The second kappa shape index (κ2) is 10.7. The number of carbonyl (C=O) groups is 2. The first-order valence-corrected chi connectivity index (χ1v) is 12.2. The smallest absolute Gasteiger partial charge is 0.416 e. The molecule has 0 saturated carbocycles. The van der Waals surface area contributed by atoms with E-state index < -0.39 is 54.1 Å². The van der Waals surface area contributed by atoms with Crippen LogP contribution in [0.3, 0.4) is 0 Å². The van der Waals surface area contributed by atoms with Gasteiger partial charge in [0, 0.05) is 30.1 Å². The molecule has 0 saturated heterocycles. The highest BCUT2D eigenvalue weighted by atomic mass is 35.5. The Hall–Kier alpha value is -2.95. The first-order chi connectivity index (χ1) is 17.4. The monoisotopic (exact) mass is 564 g/mol. The van der Waals surface area contributed by atoms with Gasteiger partial charge in [-0.05, 0) is 67.1 Å². The standard InChI is InChI=1S/C26H27ClF6N2O3/c1-13(2)21-5-6-22(19-11-20(27)14(3)7-23(19)35(21)24(37)38)34(15(4)36)12-16-8-17(25(28,29)30)10-18(9-16)26(31,32)33/h7-11,13,21-22H,5-6,12H2,1-4H3,(H,37,38). The minimum atomic E-state index is -5.04. The number of anilines is 1. The quantitative estimate of drug-likeness (QED) is 0.382. The number of fused-ring (bicyclic) bond motifs is 1. The van der Waals surface area contributed by atoms with Crippen molar-refractivity contribution in [2.24, 2.45) is 5.92 Å². The minimum Gasteiger partial charge on any atom is -0.465 e. The minimum absolute atomic E-state index is 0.0308. The zero-order chi connectivity index (χ0) is 28.7. The topological polar surface area (TPSA) is 60.9 Å². The van der Waals surface area contributed by atoms with Crippen LogP contribution in [-0.4, -0.2) is 28.0 Å². The molecule has 0 spiro atoms. The van der Waals surface area contributed by atoms with Crippen molar-refractivity contribution in [2.45, 2.75) is 71.5 Å². The first kappa shape index (κ1) is 29.6. The fraction of sp³-hybridized carbons (Fsp3) is 0.462. The van der Waals surface area contributed by atoms with Gasteiger partial charge in [-0.3, -0.25) is 9.69 Å². The van der Waals surface area contributed by atoms with Crippen LogP contribution in [0.2, 0.25) is 5.02 Å². The summed E-state index contributed by atoms with van der Waals surface area (Å²) >= 11 is 6.36. The first-order valence-electron chi connectivity index (χ1n) is 11.8. The Kier molecular flexibility index (Phi) is 8.31. The van der Waals surface area contributed by atoms with E-state index in [2.05, 4.69) is 0 Å². The van der Waals surface area contributed by atoms with Gasteiger partial charge in [0.25, 0.3) is 0 Å². The van der Waals surface area contributed by atoms with Crippen LogP contribution >= 0.6 is 11.6 Å². The number of carboxylic acid groups (broad SMARTS) is 1. The van der Waals surface area contributed by atoms with Crippen molar-refractivity contribution in [1.82, 2.24) is 4.90 Å². The van der Waals surface area contributed by atoms with Crippen molar-refractivity contribution < 1.29 is 41.0 Å². The molecule has 3 rings (SSSR count). The molecule has 0 aromatic heterocycles. The van der Waals surface area contributed by atoms with Gasteiger partial charge in [0.15, 0.2) is 0 Å². The van der Waals surface area contributed by atoms with Gasteiger partial charge in [0.2, 0.25) is 5.91 Å². The van der Waals surface area contributed by atoms with E-state index in [4.69, 9.17) is 11.6 Å². The van der Waals surface area contributed by atoms with Crippen LogP contribution < -0.4 is 4.90 Å². The Morgan fingerprint density at radius 2 is 1.58 bits per heavy atom. The van der Waals surface area contributed by atoms with Crippen molar-refractivity contribution in [1.29, 1.82) is 0 Å². The van der Waals surface area contributed by atoms with Crippen molar-refractivity contribution in [3.05, 3.63) is 63.2 Å². The molecule has 208 valence electrons. The second-order valence-electron chi connectivity index (χ2n) is 9.78. The number of hydrogen-bond donors (Lipinski definition) is 1. The van der Waals surface area contributed by atoms with Crippen molar-refractivity contribution >= 4 is 29.3 Å². The van der Waals surface area contributed by atoms with Gasteiger partial charge in [-0.15, -0.1) is 0 Å². The predicted octanol–water partition coefficient (Wildman–Crippen LogP) is 8.08. The van der Waals surface area contributed by atoms with Crippen LogP contribution in [-0.2, 0) is 23.7 Å². The van der Waals surface area contributed by atoms with Crippen LogP contribution in [0.25, 0.3) is 0 Å². The van der Waals surface area contributed by atoms with Crippen molar-refractivity contribution in [3.8, 4) is 0 Å². The second-order valence-corrected chi connectivity index (χ2v) is 10.2. The molecule has 1 heterocycles. The molecule has 1 aliphatic rings. The number of nitrogens with zero attached hydrogens (tertiary/aromatic N) is 2. The summed E-state index contributed by atoms with van der Waals surface area (Å²) in [4.78, 5) is 27.6. The van der Waals surface area contributed by atoms with E-state index in [1.54, 1.807) is 13.0 Å². The predicted molar refractivity (Wildman–Crippen MR) is 130 cm³/mol. The number of hydrogen-bond acceptors (Lipinski definition) is 2. The Balaban J connectivity index is 2.19. The molecule has 2 aromatic rings. The summed E-state index contributed by atoms with van der Waals surface area (Å²) in [5.41, 5.74) is -2.13. The average molecular weight is 565 g/mol. The summed E-state index contributed by atoms with van der Waals surface area (Å²) in [6.07, 6.45) is -10.8. The summed E-state index contributed by atoms with van der Waals surface area (Å²) in [6, 6.07) is 2.95. The molecule has 2 aromatic carbocycles. The zero-order valence-electron chi connectivity index (χ0n) is 21.0. The van der Waals surface area contributed by atoms with Gasteiger partial charge in [-0.2, -0.15) is 26.3 Å². The fourth-order valence-corrected chi connectivity index (χ4v) is 5.07. The lowest BCUT2D eigenvalue weighted by Gasteiger charge is -2.33. The van der Waals surface area contributed by atoms with Gasteiger partial charge in [-0.1, -0.05) is 25.4 Å². The molecule has 0 bridgehead atoms. The molecule has 0 aliphatic carbocycles. The molecule has 2 atom stereocenters. The Morgan fingerprint density at radius 1 is 1.03 bits per heavy atom. The summed E-state index contributed by atoms with van der Waals surface area (Å²) in [7, 11) is 0. The molecular weight excluding hydrogens is 538 g/mol. The SMILES string of the molecule is CC(=O)N(Cc1cc(C(F)(F)F)cc(C(F)(F)F)c1)C1CCC(C(C)C)N(C(=O)O)c2cc(C)c(Cl)cc21. The van der Waals surface area contributed by atoms with Crippen molar-refractivity contribution in [2.75, 3.05) is 4.90 Å². The number of rotatable bonds is 4. The highest BCUT2D eigenvalue weighted by Crippen LogP contribution is 2.44. The van der Waals surface area contributed by atoms with Crippen LogP contribution in [0, 0.1) is 12.8 Å². The van der Waals surface area contributed by atoms with Crippen LogP contribution in [0.1, 0.15) is 67.5 Å². The molecule has 1 aliphatic heterocycles. The Labute approximate surface area is 221 Å². The normalized spacial score (nSPS) is 18.3. The molecule has 0 radical (unpaired) electrons. The fourth-order valence-electron chi connectivity index (χ4n) is 4.90. The van der Waals surface area contributed by atoms with Gasteiger partial charge >= 0.3 is 18.4 Å². The lowest BCUT2D eigenvalue weighted by molar-refractivity contribution is -0.143. The van der Waals surface area contributed by atoms with E-state index in [0.717, 1.165) is 6.92 Å². The Bertz CT molecular complexity index is 1200. The van der Waals surface area contributed by atoms with E-state index in [0.29, 0.717) is 29.7 Å². The molecule has 5 nitrogen and oxygen atoms in total. The van der Waals surface area contributed by atoms with E-state index in [-0.39, 0.29) is 34.7 Å². The maximum Gasteiger partial charge on any atom is 0.416 e. The van der Waals surface area contributed by atoms with E-state index >= 15 is 0 Å². The highest BCUT2D eigenvalue weighted by Gasteiger charge is 2.40. The maximum absolute atomic E-state index is 13.4. The molecule has 0 fully saturated rings. The summed E-state index contributed by atoms with van der Waals surface area (Å²) in [5, 5.41) is 10.4. The third kappa shape index (κ3) is 6.19. The largest absolute Gasteiger partial charge is 0.465 e. The molecule has 2 unspecified atom stereocenters. The number of halogens is 7. The molecule has 38 heavy (non-hydrogen) atoms. The summed E-state index contributed by atoms with van der Waals surface area (Å²) in [6.45, 7) is 5.96. The van der Waals surface area contributed by atoms with Crippen molar-refractivity contribution in [3.63, 3.8) is 0 Å². The number of aryl methyl sites for hydroxylation is 1. The van der Waals surface area contributed by atoms with E-state index in [1.807, 2.05) is 13.8 Å². The molecular formula is C26H27ClF6N2O3. The maximum atomic E-state index is 13.4. The van der Waals surface area contributed by atoms with Crippen LogP contribution in [0.4, 0.5) is 36.8 Å². The van der Waals surface area contributed by atoms with Crippen LogP contribution in [0.15, 0.2) is 30.3 Å². The zero-order valence-corrected chi connectivity index (χ0v) is 21.8.